The molecule has 0 saturated carbocycles. The van der Waals surface area contributed by atoms with E-state index in [1.807, 2.05) is 44.2 Å². The van der Waals surface area contributed by atoms with Crippen molar-refractivity contribution >= 4 is 5.91 Å². The van der Waals surface area contributed by atoms with Crippen molar-refractivity contribution in [3.8, 4) is 17.0 Å². The Morgan fingerprint density at radius 2 is 1.76 bits per heavy atom. The molecule has 21 heavy (non-hydrogen) atoms. The van der Waals surface area contributed by atoms with E-state index < -0.39 is 0 Å². The molecule has 0 aliphatic carbocycles. The van der Waals surface area contributed by atoms with Gasteiger partial charge in [-0.15, -0.1) is 0 Å². The second kappa shape index (κ2) is 6.39. The first-order valence-corrected chi connectivity index (χ1v) is 6.92. The molecule has 0 aliphatic heterocycles. The van der Waals surface area contributed by atoms with Crippen LogP contribution in [0.4, 0.5) is 0 Å². The van der Waals surface area contributed by atoms with Gasteiger partial charge in [0.2, 0.25) is 0 Å². The van der Waals surface area contributed by atoms with Gasteiger partial charge in [0.05, 0.1) is 17.4 Å². The van der Waals surface area contributed by atoms with E-state index in [-0.39, 0.29) is 12.0 Å². The van der Waals surface area contributed by atoms with Crippen LogP contribution < -0.4 is 4.74 Å². The minimum Gasteiger partial charge on any atom is -0.491 e. The Balaban J connectivity index is 2.17. The van der Waals surface area contributed by atoms with E-state index in [9.17, 15) is 4.79 Å². The number of carbonyl (C=O) groups excluding carboxylic acids is 1. The predicted octanol–water partition coefficient (Wildman–Crippen LogP) is 3.24. The van der Waals surface area contributed by atoms with E-state index in [1.54, 1.807) is 26.4 Å². The van der Waals surface area contributed by atoms with Crippen LogP contribution in [0.2, 0.25) is 0 Å². The van der Waals surface area contributed by atoms with Crippen molar-refractivity contribution in [2.24, 2.45) is 0 Å². The topological polar surface area (TPSA) is 42.4 Å². The summed E-state index contributed by atoms with van der Waals surface area (Å²) in [5.74, 6) is 0.794. The average Bonchev–Trinajstić information content (AvgIpc) is 2.47. The molecule has 0 N–H and O–H groups in total. The lowest BCUT2D eigenvalue weighted by atomic mass is 10.1. The molecule has 0 spiro atoms. The van der Waals surface area contributed by atoms with Gasteiger partial charge in [-0.1, -0.05) is 0 Å². The van der Waals surface area contributed by atoms with Gasteiger partial charge in [0.15, 0.2) is 0 Å². The van der Waals surface area contributed by atoms with Gasteiger partial charge in [0.25, 0.3) is 5.91 Å². The maximum atomic E-state index is 11.8. The third-order valence-electron chi connectivity index (χ3n) is 2.94. The molecule has 2 aromatic rings. The fourth-order valence-corrected chi connectivity index (χ4v) is 1.93. The fraction of sp³-hybridized carbons (Fsp3) is 0.294. The summed E-state index contributed by atoms with van der Waals surface area (Å²) in [5.41, 5.74) is 2.42. The summed E-state index contributed by atoms with van der Waals surface area (Å²) in [5, 5.41) is 0. The minimum atomic E-state index is -0.0465. The van der Waals surface area contributed by atoms with Crippen LogP contribution in [0.15, 0.2) is 42.6 Å². The van der Waals surface area contributed by atoms with Gasteiger partial charge >= 0.3 is 0 Å². The van der Waals surface area contributed by atoms with E-state index in [0.29, 0.717) is 5.56 Å². The molecule has 1 amide bonds. The molecule has 0 bridgehead atoms. The van der Waals surface area contributed by atoms with Crippen molar-refractivity contribution in [1.29, 1.82) is 0 Å². The number of hydrogen-bond acceptors (Lipinski definition) is 3. The monoisotopic (exact) mass is 284 g/mol. The normalized spacial score (nSPS) is 10.5. The van der Waals surface area contributed by atoms with Crippen LogP contribution in [0.25, 0.3) is 11.3 Å². The van der Waals surface area contributed by atoms with Crippen LogP contribution in [0.5, 0.6) is 5.75 Å². The highest BCUT2D eigenvalue weighted by molar-refractivity contribution is 5.93. The number of rotatable bonds is 4. The van der Waals surface area contributed by atoms with Gasteiger partial charge in [-0.3, -0.25) is 9.78 Å². The number of pyridine rings is 1. The third kappa shape index (κ3) is 3.81. The number of amides is 1. The lowest BCUT2D eigenvalue weighted by molar-refractivity contribution is 0.0827. The van der Waals surface area contributed by atoms with E-state index in [2.05, 4.69) is 4.98 Å². The van der Waals surface area contributed by atoms with E-state index in [0.717, 1.165) is 17.0 Å². The molecule has 0 atom stereocenters. The summed E-state index contributed by atoms with van der Waals surface area (Å²) >= 11 is 0. The maximum absolute atomic E-state index is 11.8. The molecule has 0 unspecified atom stereocenters. The summed E-state index contributed by atoms with van der Waals surface area (Å²) < 4.78 is 5.61. The highest BCUT2D eigenvalue weighted by Gasteiger charge is 2.08. The summed E-state index contributed by atoms with van der Waals surface area (Å²) in [6.45, 7) is 3.99. The van der Waals surface area contributed by atoms with Crippen LogP contribution >= 0.6 is 0 Å². The molecule has 0 fully saturated rings. The predicted molar refractivity (Wildman–Crippen MR) is 83.5 cm³/mol. The average molecular weight is 284 g/mol. The lowest BCUT2D eigenvalue weighted by Gasteiger charge is -2.11. The maximum Gasteiger partial charge on any atom is 0.254 e. The van der Waals surface area contributed by atoms with Crippen LogP contribution in [-0.2, 0) is 0 Å². The SMILES string of the molecule is CC(C)Oc1ccc(-c2ccc(C(=O)N(C)C)cn2)cc1. The number of nitrogens with zero attached hydrogens (tertiary/aromatic N) is 2. The highest BCUT2D eigenvalue weighted by atomic mass is 16.5. The minimum absolute atomic E-state index is 0.0465. The van der Waals surface area contributed by atoms with E-state index >= 15 is 0 Å². The van der Waals surface area contributed by atoms with Crippen molar-refractivity contribution in [2.75, 3.05) is 14.1 Å². The standard InChI is InChI=1S/C17H20N2O2/c1-12(2)21-15-8-5-13(6-9-15)16-10-7-14(11-18-16)17(20)19(3)4/h5-12H,1-4H3. The highest BCUT2D eigenvalue weighted by Crippen LogP contribution is 2.21. The Bertz CT molecular complexity index is 602. The molecule has 110 valence electrons. The summed E-state index contributed by atoms with van der Waals surface area (Å²) in [4.78, 5) is 17.7. The summed E-state index contributed by atoms with van der Waals surface area (Å²) in [6.07, 6.45) is 1.77. The van der Waals surface area contributed by atoms with E-state index in [1.165, 1.54) is 4.90 Å². The molecule has 0 saturated heterocycles. The molecule has 1 aromatic carbocycles. The number of benzene rings is 1. The second-order valence-electron chi connectivity index (χ2n) is 5.32. The Morgan fingerprint density at radius 1 is 1.10 bits per heavy atom. The number of hydrogen-bond donors (Lipinski definition) is 0. The zero-order valence-corrected chi connectivity index (χ0v) is 12.8. The molecule has 0 radical (unpaired) electrons. The first kappa shape index (κ1) is 15.0. The quantitative estimate of drug-likeness (QED) is 0.865. The van der Waals surface area contributed by atoms with Crippen LogP contribution in [0.1, 0.15) is 24.2 Å². The Morgan fingerprint density at radius 3 is 2.24 bits per heavy atom. The number of aromatic nitrogens is 1. The fourth-order valence-electron chi connectivity index (χ4n) is 1.93. The zero-order chi connectivity index (χ0) is 15.4. The van der Waals surface area contributed by atoms with Crippen LogP contribution in [0.3, 0.4) is 0 Å². The summed E-state index contributed by atoms with van der Waals surface area (Å²) in [7, 11) is 3.45. The van der Waals surface area contributed by atoms with Crippen molar-refractivity contribution < 1.29 is 9.53 Å². The molecule has 1 aromatic heterocycles. The Kier molecular flexibility index (Phi) is 4.58. The van der Waals surface area contributed by atoms with Crippen molar-refractivity contribution in [2.45, 2.75) is 20.0 Å². The molecule has 4 nitrogen and oxygen atoms in total. The third-order valence-corrected chi connectivity index (χ3v) is 2.94. The first-order valence-electron chi connectivity index (χ1n) is 6.92. The first-order chi connectivity index (χ1) is 9.97. The Labute approximate surface area is 125 Å². The molecular weight excluding hydrogens is 264 g/mol. The summed E-state index contributed by atoms with van der Waals surface area (Å²) in [6, 6.07) is 11.4. The van der Waals surface area contributed by atoms with Crippen molar-refractivity contribution in [3.05, 3.63) is 48.2 Å². The van der Waals surface area contributed by atoms with E-state index in [4.69, 9.17) is 4.74 Å². The molecule has 1 heterocycles. The smallest absolute Gasteiger partial charge is 0.254 e. The molecule has 0 aliphatic rings. The largest absolute Gasteiger partial charge is 0.491 e. The van der Waals surface area contributed by atoms with Gasteiger partial charge in [-0.25, -0.2) is 0 Å². The Hall–Kier alpha value is -2.36. The van der Waals surface area contributed by atoms with Gasteiger partial charge in [0.1, 0.15) is 5.75 Å². The molecule has 2 rings (SSSR count). The number of carbonyl (C=O) groups is 1. The number of ether oxygens (including phenoxy) is 1. The van der Waals surface area contributed by atoms with Gasteiger partial charge in [-0.2, -0.15) is 0 Å². The van der Waals surface area contributed by atoms with Crippen molar-refractivity contribution in [1.82, 2.24) is 9.88 Å². The van der Waals surface area contributed by atoms with Crippen LogP contribution in [-0.4, -0.2) is 36.0 Å². The molecular formula is C17H20N2O2. The zero-order valence-electron chi connectivity index (χ0n) is 12.8. The second-order valence-corrected chi connectivity index (χ2v) is 5.32. The van der Waals surface area contributed by atoms with Crippen LogP contribution in [0, 0.1) is 0 Å². The van der Waals surface area contributed by atoms with Gasteiger partial charge in [0, 0.05) is 25.9 Å². The van der Waals surface area contributed by atoms with Crippen molar-refractivity contribution in [3.63, 3.8) is 0 Å². The molecule has 4 heteroatoms. The van der Waals surface area contributed by atoms with Gasteiger partial charge < -0.3 is 9.64 Å². The van der Waals surface area contributed by atoms with Gasteiger partial charge in [-0.05, 0) is 50.2 Å². The lowest BCUT2D eigenvalue weighted by Crippen LogP contribution is -2.21.